The van der Waals surface area contributed by atoms with Gasteiger partial charge in [0.2, 0.25) is 5.91 Å². The number of amides is 1. The maximum Gasteiger partial charge on any atom is 0.225 e. The van der Waals surface area contributed by atoms with Gasteiger partial charge in [0.25, 0.3) is 0 Å². The largest absolute Gasteiger partial charge is 0.497 e. The van der Waals surface area contributed by atoms with Crippen molar-refractivity contribution in [3.63, 3.8) is 0 Å². The number of H-pyrrole nitrogens is 1. The van der Waals surface area contributed by atoms with E-state index in [-0.39, 0.29) is 5.91 Å². The first-order chi connectivity index (χ1) is 13.7. The van der Waals surface area contributed by atoms with Crippen molar-refractivity contribution in [1.29, 1.82) is 0 Å². The highest BCUT2D eigenvalue weighted by molar-refractivity contribution is 6.00. The molecule has 0 spiro atoms. The number of carbonyl (C=O) groups excluding carboxylic acids is 1. The molecule has 1 aromatic heterocycles. The first-order valence-corrected chi connectivity index (χ1v) is 9.68. The van der Waals surface area contributed by atoms with Crippen molar-refractivity contribution >= 4 is 22.6 Å². The predicted molar refractivity (Wildman–Crippen MR) is 110 cm³/mol. The number of nitrogens with zero attached hydrogens (tertiary/aromatic N) is 1. The number of hydrogen-bond donors (Lipinski definition) is 2. The van der Waals surface area contributed by atoms with Crippen LogP contribution in [0.2, 0.25) is 0 Å². The van der Waals surface area contributed by atoms with Crippen LogP contribution in [0, 0.1) is 5.92 Å². The fourth-order valence-electron chi connectivity index (χ4n) is 3.98. The van der Waals surface area contributed by atoms with Gasteiger partial charge in [-0.2, -0.15) is 5.10 Å². The Hall–Kier alpha value is -3.02. The van der Waals surface area contributed by atoms with Crippen molar-refractivity contribution in [2.75, 3.05) is 19.5 Å². The number of nitrogens with one attached hydrogen (secondary N) is 2. The van der Waals surface area contributed by atoms with E-state index in [0.29, 0.717) is 18.2 Å². The topological polar surface area (TPSA) is 76.2 Å². The molecule has 1 saturated carbocycles. The van der Waals surface area contributed by atoms with E-state index >= 15 is 0 Å². The molecule has 1 aliphatic rings. The van der Waals surface area contributed by atoms with Crippen molar-refractivity contribution in [1.82, 2.24) is 10.2 Å². The summed E-state index contributed by atoms with van der Waals surface area (Å²) in [6.45, 7) is 0. The summed E-state index contributed by atoms with van der Waals surface area (Å²) in [5, 5.41) is 11.2. The third-order valence-corrected chi connectivity index (χ3v) is 5.49. The van der Waals surface area contributed by atoms with E-state index in [1.807, 2.05) is 36.4 Å². The molecular formula is C22H25N3O3. The van der Waals surface area contributed by atoms with Gasteiger partial charge < -0.3 is 14.8 Å². The third-order valence-electron chi connectivity index (χ3n) is 5.49. The molecule has 0 atom stereocenters. The second kappa shape index (κ2) is 7.92. The Kier molecular flexibility index (Phi) is 5.19. The second-order valence-corrected chi connectivity index (χ2v) is 7.30. The van der Waals surface area contributed by atoms with Crippen LogP contribution >= 0.6 is 0 Å². The summed E-state index contributed by atoms with van der Waals surface area (Å²) in [6.07, 6.45) is 5.36. The van der Waals surface area contributed by atoms with Crippen molar-refractivity contribution in [2.24, 2.45) is 5.92 Å². The zero-order valence-electron chi connectivity index (χ0n) is 16.2. The van der Waals surface area contributed by atoms with Gasteiger partial charge in [0.1, 0.15) is 11.5 Å². The molecule has 146 valence electrons. The summed E-state index contributed by atoms with van der Waals surface area (Å²) in [5.41, 5.74) is 2.83. The van der Waals surface area contributed by atoms with Crippen molar-refractivity contribution in [3.8, 4) is 22.6 Å². The average molecular weight is 379 g/mol. The Morgan fingerprint density at radius 2 is 1.96 bits per heavy atom. The molecule has 2 N–H and O–H groups in total. The van der Waals surface area contributed by atoms with Gasteiger partial charge in [-0.25, -0.2) is 0 Å². The number of hydrogen-bond acceptors (Lipinski definition) is 4. The highest BCUT2D eigenvalue weighted by Gasteiger charge is 2.19. The number of anilines is 1. The molecule has 1 aliphatic carbocycles. The number of aromatic nitrogens is 2. The van der Waals surface area contributed by atoms with Gasteiger partial charge in [-0.05, 0) is 48.6 Å². The molecule has 0 unspecified atom stereocenters. The van der Waals surface area contributed by atoms with Crippen LogP contribution in [-0.2, 0) is 4.79 Å². The van der Waals surface area contributed by atoms with Gasteiger partial charge in [0.05, 0.1) is 19.7 Å². The molecule has 6 heteroatoms. The first-order valence-electron chi connectivity index (χ1n) is 9.68. The molecule has 0 saturated heterocycles. The number of benzene rings is 2. The first kappa shape index (κ1) is 18.3. The Balaban J connectivity index is 1.57. The lowest BCUT2D eigenvalue weighted by molar-refractivity contribution is -0.117. The third kappa shape index (κ3) is 3.67. The van der Waals surface area contributed by atoms with Crippen LogP contribution in [0.25, 0.3) is 22.0 Å². The van der Waals surface area contributed by atoms with E-state index in [2.05, 4.69) is 15.5 Å². The van der Waals surface area contributed by atoms with Gasteiger partial charge in [-0.3, -0.25) is 9.89 Å². The molecule has 0 aliphatic heterocycles. The number of rotatable bonds is 6. The van der Waals surface area contributed by atoms with Crippen LogP contribution in [0.3, 0.4) is 0 Å². The smallest absolute Gasteiger partial charge is 0.225 e. The SMILES string of the molecule is COc1ccc(-c2ccc3c(NC(=O)CC4CCCC4)n[nH]c3c2)c(OC)c1. The fourth-order valence-corrected chi connectivity index (χ4v) is 3.98. The van der Waals surface area contributed by atoms with E-state index in [4.69, 9.17) is 9.47 Å². The van der Waals surface area contributed by atoms with Gasteiger partial charge in [-0.1, -0.05) is 18.9 Å². The molecule has 1 fully saturated rings. The standard InChI is InChI=1S/C22H25N3O3/c1-27-16-8-10-17(20(13-16)28-2)15-7-9-18-19(12-15)24-25-22(18)23-21(26)11-14-5-3-4-6-14/h7-10,12-14H,3-6,11H2,1-2H3,(H2,23,24,25,26). The number of ether oxygens (including phenoxy) is 2. The van der Waals surface area contributed by atoms with Gasteiger partial charge in [-0.15, -0.1) is 0 Å². The Labute approximate surface area is 164 Å². The molecule has 0 bridgehead atoms. The van der Waals surface area contributed by atoms with Gasteiger partial charge in [0, 0.05) is 23.4 Å². The van der Waals surface area contributed by atoms with Gasteiger partial charge >= 0.3 is 0 Å². The highest BCUT2D eigenvalue weighted by atomic mass is 16.5. The zero-order chi connectivity index (χ0) is 19.5. The van der Waals surface area contributed by atoms with E-state index in [9.17, 15) is 4.79 Å². The molecule has 1 amide bonds. The van der Waals surface area contributed by atoms with Crippen LogP contribution in [0.5, 0.6) is 11.5 Å². The van der Waals surface area contributed by atoms with E-state index in [1.165, 1.54) is 12.8 Å². The molecule has 28 heavy (non-hydrogen) atoms. The van der Waals surface area contributed by atoms with E-state index < -0.39 is 0 Å². The number of fused-ring (bicyclic) bond motifs is 1. The second-order valence-electron chi connectivity index (χ2n) is 7.30. The lowest BCUT2D eigenvalue weighted by Gasteiger charge is -2.11. The van der Waals surface area contributed by atoms with Gasteiger partial charge in [0.15, 0.2) is 5.82 Å². The molecule has 1 heterocycles. The summed E-state index contributed by atoms with van der Waals surface area (Å²) in [4.78, 5) is 12.3. The predicted octanol–water partition coefficient (Wildman–Crippen LogP) is 4.77. The average Bonchev–Trinajstić information content (AvgIpc) is 3.37. The molecule has 6 nitrogen and oxygen atoms in total. The molecule has 4 rings (SSSR count). The van der Waals surface area contributed by atoms with Crippen LogP contribution in [0.1, 0.15) is 32.1 Å². The Morgan fingerprint density at radius 1 is 1.14 bits per heavy atom. The van der Waals surface area contributed by atoms with Crippen LogP contribution in [0.4, 0.5) is 5.82 Å². The number of carbonyl (C=O) groups is 1. The lowest BCUT2D eigenvalue weighted by Crippen LogP contribution is -2.15. The maximum atomic E-state index is 12.3. The quantitative estimate of drug-likeness (QED) is 0.647. The van der Waals surface area contributed by atoms with Crippen LogP contribution in [-0.4, -0.2) is 30.3 Å². The van der Waals surface area contributed by atoms with Crippen molar-refractivity contribution < 1.29 is 14.3 Å². The molecule has 3 aromatic rings. The normalized spacial score (nSPS) is 14.4. The Bertz CT molecular complexity index is 990. The summed E-state index contributed by atoms with van der Waals surface area (Å²) >= 11 is 0. The maximum absolute atomic E-state index is 12.3. The van der Waals surface area contributed by atoms with Crippen LogP contribution in [0.15, 0.2) is 36.4 Å². The minimum Gasteiger partial charge on any atom is -0.497 e. The minimum atomic E-state index is 0.0428. The molecule has 2 aromatic carbocycles. The molecule has 0 radical (unpaired) electrons. The number of methoxy groups -OCH3 is 2. The zero-order valence-corrected chi connectivity index (χ0v) is 16.2. The monoisotopic (exact) mass is 379 g/mol. The van der Waals surface area contributed by atoms with Crippen molar-refractivity contribution in [3.05, 3.63) is 36.4 Å². The minimum absolute atomic E-state index is 0.0428. The fraction of sp³-hybridized carbons (Fsp3) is 0.364. The number of aromatic amines is 1. The van der Waals surface area contributed by atoms with Crippen molar-refractivity contribution in [2.45, 2.75) is 32.1 Å². The van der Waals surface area contributed by atoms with E-state index in [1.54, 1.807) is 14.2 Å². The van der Waals surface area contributed by atoms with Crippen LogP contribution < -0.4 is 14.8 Å². The van der Waals surface area contributed by atoms with E-state index in [0.717, 1.165) is 46.4 Å². The lowest BCUT2D eigenvalue weighted by atomic mass is 10.0. The summed E-state index contributed by atoms with van der Waals surface area (Å²) in [6, 6.07) is 11.7. The summed E-state index contributed by atoms with van der Waals surface area (Å²) in [5.74, 6) is 2.63. The summed E-state index contributed by atoms with van der Waals surface area (Å²) in [7, 11) is 3.28. The Morgan fingerprint density at radius 3 is 2.71 bits per heavy atom. The molecular weight excluding hydrogens is 354 g/mol. The summed E-state index contributed by atoms with van der Waals surface area (Å²) < 4.78 is 10.8. The highest BCUT2D eigenvalue weighted by Crippen LogP contribution is 2.35.